The van der Waals surface area contributed by atoms with Crippen molar-refractivity contribution in [3.8, 4) is 0 Å². The van der Waals surface area contributed by atoms with Crippen molar-refractivity contribution in [1.82, 2.24) is 0 Å². The zero-order valence-corrected chi connectivity index (χ0v) is 10.9. The van der Waals surface area contributed by atoms with E-state index in [9.17, 15) is 0 Å². The zero-order chi connectivity index (χ0) is 11.3. The SMILES string of the molecule is CCC(C)OCc1ccc(CN)cc1Br. The van der Waals surface area contributed by atoms with Crippen LogP contribution in [0.1, 0.15) is 31.4 Å². The first-order valence-corrected chi connectivity index (χ1v) is 6.05. The Balaban J connectivity index is 2.62. The normalized spacial score (nSPS) is 12.8. The van der Waals surface area contributed by atoms with Crippen molar-refractivity contribution in [2.75, 3.05) is 0 Å². The summed E-state index contributed by atoms with van der Waals surface area (Å²) in [6.07, 6.45) is 1.35. The highest BCUT2D eigenvalue weighted by Gasteiger charge is 2.03. The van der Waals surface area contributed by atoms with E-state index in [0.717, 1.165) is 16.5 Å². The second-order valence-electron chi connectivity index (χ2n) is 3.66. The lowest BCUT2D eigenvalue weighted by Crippen LogP contribution is -2.06. The third kappa shape index (κ3) is 3.93. The number of ether oxygens (including phenoxy) is 1. The molecule has 1 atom stereocenters. The predicted octanol–water partition coefficient (Wildman–Crippen LogP) is 3.22. The van der Waals surface area contributed by atoms with Crippen LogP contribution in [0.3, 0.4) is 0 Å². The lowest BCUT2D eigenvalue weighted by atomic mass is 10.1. The monoisotopic (exact) mass is 271 g/mol. The molecule has 0 saturated heterocycles. The average Bonchev–Trinajstić information content (AvgIpc) is 2.26. The molecule has 0 aliphatic rings. The largest absolute Gasteiger partial charge is 0.374 e. The van der Waals surface area contributed by atoms with E-state index in [1.807, 2.05) is 6.07 Å². The molecule has 3 heteroatoms. The van der Waals surface area contributed by atoms with E-state index in [0.29, 0.717) is 19.3 Å². The quantitative estimate of drug-likeness (QED) is 0.893. The summed E-state index contributed by atoms with van der Waals surface area (Å²) >= 11 is 3.52. The van der Waals surface area contributed by atoms with E-state index in [1.165, 1.54) is 5.56 Å². The first kappa shape index (κ1) is 12.7. The van der Waals surface area contributed by atoms with Gasteiger partial charge in [0.1, 0.15) is 0 Å². The maximum absolute atomic E-state index is 5.67. The highest BCUT2D eigenvalue weighted by molar-refractivity contribution is 9.10. The van der Waals surface area contributed by atoms with Crippen molar-refractivity contribution in [3.63, 3.8) is 0 Å². The third-order valence-corrected chi connectivity index (χ3v) is 3.19. The van der Waals surface area contributed by atoms with Gasteiger partial charge < -0.3 is 10.5 Å². The van der Waals surface area contributed by atoms with Gasteiger partial charge in [0.05, 0.1) is 12.7 Å². The molecule has 1 unspecified atom stereocenters. The average molecular weight is 272 g/mol. The van der Waals surface area contributed by atoms with Gasteiger partial charge in [0, 0.05) is 11.0 Å². The number of halogens is 1. The van der Waals surface area contributed by atoms with E-state index in [-0.39, 0.29) is 0 Å². The summed E-state index contributed by atoms with van der Waals surface area (Å²) in [4.78, 5) is 0. The molecule has 0 spiro atoms. The fraction of sp³-hybridized carbons (Fsp3) is 0.500. The van der Waals surface area contributed by atoms with Crippen molar-refractivity contribution in [2.24, 2.45) is 5.73 Å². The Labute approximate surface area is 99.9 Å². The van der Waals surface area contributed by atoms with E-state index in [2.05, 4.69) is 41.9 Å². The molecule has 0 aliphatic carbocycles. The minimum absolute atomic E-state index is 0.311. The molecule has 0 fully saturated rings. The summed E-state index contributed by atoms with van der Waals surface area (Å²) in [5, 5.41) is 0. The number of nitrogens with two attached hydrogens (primary N) is 1. The first-order chi connectivity index (χ1) is 7.17. The number of rotatable bonds is 5. The van der Waals surface area contributed by atoms with Crippen LogP contribution < -0.4 is 5.73 Å². The number of benzene rings is 1. The van der Waals surface area contributed by atoms with Gasteiger partial charge in [-0.1, -0.05) is 35.0 Å². The van der Waals surface area contributed by atoms with Gasteiger partial charge in [-0.25, -0.2) is 0 Å². The lowest BCUT2D eigenvalue weighted by Gasteiger charge is -2.12. The van der Waals surface area contributed by atoms with Crippen molar-refractivity contribution >= 4 is 15.9 Å². The summed E-state index contributed by atoms with van der Waals surface area (Å²) < 4.78 is 6.75. The van der Waals surface area contributed by atoms with Gasteiger partial charge in [-0.3, -0.25) is 0 Å². The Morgan fingerprint density at radius 2 is 2.20 bits per heavy atom. The van der Waals surface area contributed by atoms with E-state index < -0.39 is 0 Å². The van der Waals surface area contributed by atoms with Crippen molar-refractivity contribution in [1.29, 1.82) is 0 Å². The minimum atomic E-state index is 0.311. The second-order valence-corrected chi connectivity index (χ2v) is 4.51. The van der Waals surface area contributed by atoms with Crippen LogP contribution in [0.2, 0.25) is 0 Å². The van der Waals surface area contributed by atoms with Gasteiger partial charge in [0.15, 0.2) is 0 Å². The summed E-state index contributed by atoms with van der Waals surface area (Å²) in [6, 6.07) is 6.16. The van der Waals surface area contributed by atoms with E-state index in [1.54, 1.807) is 0 Å². The summed E-state index contributed by atoms with van der Waals surface area (Å²) in [7, 11) is 0. The van der Waals surface area contributed by atoms with Crippen LogP contribution in [0.25, 0.3) is 0 Å². The van der Waals surface area contributed by atoms with Gasteiger partial charge in [0.2, 0.25) is 0 Å². The summed E-state index contributed by atoms with van der Waals surface area (Å²) in [5.41, 5.74) is 7.87. The Kier molecular flexibility index (Phi) is 5.29. The summed E-state index contributed by atoms with van der Waals surface area (Å²) in [6.45, 7) is 5.44. The predicted molar refractivity (Wildman–Crippen MR) is 66.6 cm³/mol. The van der Waals surface area contributed by atoms with Gasteiger partial charge in [-0.2, -0.15) is 0 Å². The molecule has 0 radical (unpaired) electrons. The number of hydrogen-bond donors (Lipinski definition) is 1. The van der Waals surface area contributed by atoms with Crippen molar-refractivity contribution in [2.45, 2.75) is 39.5 Å². The maximum atomic E-state index is 5.67. The third-order valence-electron chi connectivity index (χ3n) is 2.45. The first-order valence-electron chi connectivity index (χ1n) is 5.26. The molecule has 0 heterocycles. The molecule has 1 rings (SSSR count). The van der Waals surface area contributed by atoms with Crippen LogP contribution in [-0.2, 0) is 17.9 Å². The standard InChI is InChI=1S/C12H18BrNO/c1-3-9(2)15-8-11-5-4-10(7-14)6-12(11)13/h4-6,9H,3,7-8,14H2,1-2H3. The highest BCUT2D eigenvalue weighted by Crippen LogP contribution is 2.20. The maximum Gasteiger partial charge on any atom is 0.0731 e. The lowest BCUT2D eigenvalue weighted by molar-refractivity contribution is 0.0505. The van der Waals surface area contributed by atoms with Crippen LogP contribution >= 0.6 is 15.9 Å². The zero-order valence-electron chi connectivity index (χ0n) is 9.29. The molecular formula is C12H18BrNO. The fourth-order valence-electron chi connectivity index (χ4n) is 1.18. The van der Waals surface area contributed by atoms with Gasteiger partial charge >= 0.3 is 0 Å². The van der Waals surface area contributed by atoms with Crippen molar-refractivity contribution in [3.05, 3.63) is 33.8 Å². The van der Waals surface area contributed by atoms with E-state index >= 15 is 0 Å². The smallest absolute Gasteiger partial charge is 0.0731 e. The van der Waals surface area contributed by atoms with Gasteiger partial charge in [-0.15, -0.1) is 0 Å². The summed E-state index contributed by atoms with van der Waals surface area (Å²) in [5.74, 6) is 0. The Hall–Kier alpha value is -0.380. The van der Waals surface area contributed by atoms with Gasteiger partial charge in [-0.05, 0) is 30.5 Å². The van der Waals surface area contributed by atoms with Crippen LogP contribution in [0.5, 0.6) is 0 Å². The molecule has 1 aromatic rings. The molecule has 2 N–H and O–H groups in total. The van der Waals surface area contributed by atoms with Crippen LogP contribution in [0.4, 0.5) is 0 Å². The Bertz CT molecular complexity index is 314. The highest BCUT2D eigenvalue weighted by atomic mass is 79.9. The van der Waals surface area contributed by atoms with Crippen LogP contribution in [0.15, 0.2) is 22.7 Å². The Morgan fingerprint density at radius 1 is 1.47 bits per heavy atom. The van der Waals surface area contributed by atoms with Crippen LogP contribution in [0, 0.1) is 0 Å². The number of hydrogen-bond acceptors (Lipinski definition) is 2. The molecular weight excluding hydrogens is 254 g/mol. The molecule has 2 nitrogen and oxygen atoms in total. The minimum Gasteiger partial charge on any atom is -0.374 e. The molecule has 0 saturated carbocycles. The van der Waals surface area contributed by atoms with E-state index in [4.69, 9.17) is 10.5 Å². The molecule has 0 aliphatic heterocycles. The molecule has 0 aromatic heterocycles. The molecule has 15 heavy (non-hydrogen) atoms. The molecule has 0 bridgehead atoms. The van der Waals surface area contributed by atoms with Gasteiger partial charge in [0.25, 0.3) is 0 Å². The fourth-order valence-corrected chi connectivity index (χ4v) is 1.73. The van der Waals surface area contributed by atoms with Crippen molar-refractivity contribution < 1.29 is 4.74 Å². The molecule has 84 valence electrons. The molecule has 1 aromatic carbocycles. The molecule has 0 amide bonds. The second kappa shape index (κ2) is 6.26. The Morgan fingerprint density at radius 3 is 2.73 bits per heavy atom. The van der Waals surface area contributed by atoms with Crippen LogP contribution in [-0.4, -0.2) is 6.10 Å². The topological polar surface area (TPSA) is 35.2 Å².